The number of nitrogens with zero attached hydrogens (tertiary/aromatic N) is 3. The topological polar surface area (TPSA) is 52.1 Å². The average Bonchev–Trinajstić information content (AvgIpc) is 2.65. The summed E-state index contributed by atoms with van der Waals surface area (Å²) in [6, 6.07) is 1.74. The van der Waals surface area contributed by atoms with E-state index in [1.54, 1.807) is 0 Å². The number of aliphatic imine (C=N–C) groups is 1. The van der Waals surface area contributed by atoms with E-state index >= 15 is 0 Å². The Kier molecular flexibility index (Phi) is 9.16. The Hall–Kier alpha value is -0.850. The Bertz CT molecular complexity index is 422. The summed E-state index contributed by atoms with van der Waals surface area (Å²) in [5, 5.41) is 7.09. The van der Waals surface area contributed by atoms with E-state index in [1.165, 1.54) is 25.8 Å². The van der Waals surface area contributed by atoms with Crippen molar-refractivity contribution in [3.8, 4) is 0 Å². The van der Waals surface area contributed by atoms with Crippen LogP contribution in [0.15, 0.2) is 4.99 Å². The highest BCUT2D eigenvalue weighted by Gasteiger charge is 2.25. The standard InChI is InChI=1S/C20H41N5O/c1-16(2)19(24-10-12-26-13-11-24)15-23-20(21-5)22-14-18(4)25-9-7-6-8-17(25)3/h16-19H,6-15H2,1-5H3,(H2,21,22,23). The maximum atomic E-state index is 5.50. The fourth-order valence-electron chi connectivity index (χ4n) is 4.25. The van der Waals surface area contributed by atoms with Crippen molar-refractivity contribution in [2.75, 3.05) is 53.0 Å². The molecule has 0 spiro atoms. The molecule has 2 heterocycles. The Morgan fingerprint density at radius 3 is 2.38 bits per heavy atom. The SMILES string of the molecule is CN=C(NCC(C(C)C)N1CCOCC1)NCC(C)N1CCCCC1C. The zero-order valence-electron chi connectivity index (χ0n) is 17.6. The van der Waals surface area contributed by atoms with E-state index in [0.717, 1.165) is 45.4 Å². The van der Waals surface area contributed by atoms with Gasteiger partial charge in [0.1, 0.15) is 0 Å². The van der Waals surface area contributed by atoms with Crippen LogP contribution in [-0.2, 0) is 4.74 Å². The molecule has 0 bridgehead atoms. The molecule has 2 saturated heterocycles. The first kappa shape index (κ1) is 21.5. The van der Waals surface area contributed by atoms with E-state index in [2.05, 4.69) is 53.1 Å². The third-order valence-electron chi connectivity index (χ3n) is 5.97. The van der Waals surface area contributed by atoms with E-state index in [0.29, 0.717) is 24.0 Å². The molecule has 0 aromatic rings. The highest BCUT2D eigenvalue weighted by molar-refractivity contribution is 5.79. The maximum Gasteiger partial charge on any atom is 0.191 e. The molecule has 0 aromatic carbocycles. The van der Waals surface area contributed by atoms with E-state index < -0.39 is 0 Å². The summed E-state index contributed by atoms with van der Waals surface area (Å²) in [6.07, 6.45) is 4.03. The fraction of sp³-hybridized carbons (Fsp3) is 0.950. The number of piperidine rings is 1. The van der Waals surface area contributed by atoms with Crippen molar-refractivity contribution in [2.24, 2.45) is 10.9 Å². The fourth-order valence-corrected chi connectivity index (χ4v) is 4.25. The highest BCUT2D eigenvalue weighted by Crippen LogP contribution is 2.18. The second kappa shape index (κ2) is 11.1. The first-order valence-corrected chi connectivity index (χ1v) is 10.5. The molecule has 3 unspecified atom stereocenters. The lowest BCUT2D eigenvalue weighted by atomic mass is 10.0. The van der Waals surface area contributed by atoms with Gasteiger partial charge in [-0.3, -0.25) is 14.8 Å². The zero-order chi connectivity index (χ0) is 18.9. The van der Waals surface area contributed by atoms with E-state index in [9.17, 15) is 0 Å². The molecule has 6 nitrogen and oxygen atoms in total. The summed E-state index contributed by atoms with van der Waals surface area (Å²) >= 11 is 0. The summed E-state index contributed by atoms with van der Waals surface area (Å²) in [5.74, 6) is 1.52. The molecule has 26 heavy (non-hydrogen) atoms. The Labute approximate surface area is 160 Å². The van der Waals surface area contributed by atoms with Gasteiger partial charge in [-0.05, 0) is 39.2 Å². The molecule has 0 aliphatic carbocycles. The number of hydrogen-bond donors (Lipinski definition) is 2. The zero-order valence-corrected chi connectivity index (χ0v) is 17.6. The minimum atomic E-state index is 0.511. The van der Waals surface area contributed by atoms with Gasteiger partial charge in [-0.15, -0.1) is 0 Å². The van der Waals surface area contributed by atoms with Gasteiger partial charge in [0.25, 0.3) is 0 Å². The molecule has 0 amide bonds. The quantitative estimate of drug-likeness (QED) is 0.531. The van der Waals surface area contributed by atoms with Gasteiger partial charge in [-0.2, -0.15) is 0 Å². The van der Waals surface area contributed by atoms with Crippen LogP contribution in [0.2, 0.25) is 0 Å². The number of morpholine rings is 1. The van der Waals surface area contributed by atoms with Gasteiger partial charge >= 0.3 is 0 Å². The summed E-state index contributed by atoms with van der Waals surface area (Å²) in [7, 11) is 1.86. The maximum absolute atomic E-state index is 5.50. The van der Waals surface area contributed by atoms with Gasteiger partial charge in [0.15, 0.2) is 5.96 Å². The van der Waals surface area contributed by atoms with E-state index in [1.807, 2.05) is 7.05 Å². The van der Waals surface area contributed by atoms with Gasteiger partial charge < -0.3 is 15.4 Å². The van der Waals surface area contributed by atoms with E-state index in [4.69, 9.17) is 4.74 Å². The summed E-state index contributed by atoms with van der Waals surface area (Å²) < 4.78 is 5.50. The number of likely N-dealkylation sites (tertiary alicyclic amines) is 1. The van der Waals surface area contributed by atoms with Crippen molar-refractivity contribution in [3.63, 3.8) is 0 Å². The molecule has 2 aliphatic rings. The number of ether oxygens (including phenoxy) is 1. The second-order valence-electron chi connectivity index (χ2n) is 8.23. The van der Waals surface area contributed by atoms with Crippen LogP contribution in [0.5, 0.6) is 0 Å². The molecule has 0 saturated carbocycles. The molecule has 0 aromatic heterocycles. The van der Waals surface area contributed by atoms with Crippen molar-refractivity contribution in [1.29, 1.82) is 0 Å². The van der Waals surface area contributed by atoms with Crippen LogP contribution in [0.3, 0.4) is 0 Å². The van der Waals surface area contributed by atoms with Crippen molar-refractivity contribution in [1.82, 2.24) is 20.4 Å². The normalized spacial score (nSPS) is 25.9. The largest absolute Gasteiger partial charge is 0.379 e. The Morgan fingerprint density at radius 1 is 1.08 bits per heavy atom. The van der Waals surface area contributed by atoms with E-state index in [-0.39, 0.29) is 0 Å². The molecule has 6 heteroatoms. The van der Waals surface area contributed by atoms with Crippen molar-refractivity contribution < 1.29 is 4.74 Å². The first-order valence-electron chi connectivity index (χ1n) is 10.5. The summed E-state index contributed by atoms with van der Waals surface area (Å²) in [5.41, 5.74) is 0. The van der Waals surface area contributed by atoms with Gasteiger partial charge in [0.05, 0.1) is 13.2 Å². The lowest BCUT2D eigenvalue weighted by molar-refractivity contribution is 0.00751. The van der Waals surface area contributed by atoms with Gasteiger partial charge in [0.2, 0.25) is 0 Å². The summed E-state index contributed by atoms with van der Waals surface area (Å²) in [6.45, 7) is 16.1. The number of rotatable bonds is 7. The summed E-state index contributed by atoms with van der Waals surface area (Å²) in [4.78, 5) is 9.61. The molecular weight excluding hydrogens is 326 g/mol. The number of guanidine groups is 1. The van der Waals surface area contributed by atoms with Crippen molar-refractivity contribution >= 4 is 5.96 Å². The molecule has 3 atom stereocenters. The van der Waals surface area contributed by atoms with Crippen LogP contribution < -0.4 is 10.6 Å². The molecule has 2 N–H and O–H groups in total. The lowest BCUT2D eigenvalue weighted by Gasteiger charge is -2.38. The molecular formula is C20H41N5O. The monoisotopic (exact) mass is 367 g/mol. The second-order valence-corrected chi connectivity index (χ2v) is 8.23. The van der Waals surface area contributed by atoms with Crippen LogP contribution in [0.4, 0.5) is 0 Å². The number of nitrogens with one attached hydrogen (secondary N) is 2. The van der Waals surface area contributed by atoms with Gasteiger partial charge in [0, 0.05) is 51.4 Å². The molecule has 152 valence electrons. The smallest absolute Gasteiger partial charge is 0.191 e. The predicted octanol–water partition coefficient (Wildman–Crippen LogP) is 1.77. The van der Waals surface area contributed by atoms with Crippen LogP contribution in [0, 0.1) is 5.92 Å². The molecule has 2 rings (SSSR count). The minimum absolute atomic E-state index is 0.511. The number of hydrogen-bond acceptors (Lipinski definition) is 4. The Morgan fingerprint density at radius 2 is 1.77 bits per heavy atom. The lowest BCUT2D eigenvalue weighted by Crippen LogP contribution is -2.54. The third kappa shape index (κ3) is 6.39. The first-order chi connectivity index (χ1) is 12.5. The highest BCUT2D eigenvalue weighted by atomic mass is 16.5. The van der Waals surface area contributed by atoms with Crippen LogP contribution in [0.1, 0.15) is 47.0 Å². The van der Waals surface area contributed by atoms with Gasteiger partial charge in [-0.1, -0.05) is 20.3 Å². The van der Waals surface area contributed by atoms with Crippen molar-refractivity contribution in [3.05, 3.63) is 0 Å². The predicted molar refractivity (Wildman–Crippen MR) is 110 cm³/mol. The minimum Gasteiger partial charge on any atom is -0.379 e. The molecule has 2 fully saturated rings. The average molecular weight is 368 g/mol. The van der Waals surface area contributed by atoms with Crippen LogP contribution in [0.25, 0.3) is 0 Å². The Balaban J connectivity index is 1.78. The van der Waals surface area contributed by atoms with Crippen LogP contribution in [-0.4, -0.2) is 86.9 Å². The third-order valence-corrected chi connectivity index (χ3v) is 5.97. The van der Waals surface area contributed by atoms with Gasteiger partial charge in [-0.25, -0.2) is 0 Å². The van der Waals surface area contributed by atoms with Crippen LogP contribution >= 0.6 is 0 Å². The molecule has 0 radical (unpaired) electrons. The van der Waals surface area contributed by atoms with Crippen molar-refractivity contribution in [2.45, 2.75) is 65.1 Å². The molecule has 2 aliphatic heterocycles.